The molecule has 0 radical (unpaired) electrons. The monoisotopic (exact) mass is 434 g/mol. The summed E-state index contributed by atoms with van der Waals surface area (Å²) in [7, 11) is -1.11. The van der Waals surface area contributed by atoms with Crippen LogP contribution in [0.25, 0.3) is 0 Å². The molecule has 6 nitrogen and oxygen atoms in total. The number of rotatable bonds is 4. The summed E-state index contributed by atoms with van der Waals surface area (Å²) >= 11 is 0. The van der Waals surface area contributed by atoms with E-state index in [1.807, 2.05) is 60.7 Å². The van der Waals surface area contributed by atoms with Gasteiger partial charge in [0.25, 0.3) is 0 Å². The van der Waals surface area contributed by atoms with E-state index in [2.05, 4.69) is 5.43 Å². The van der Waals surface area contributed by atoms with E-state index in [4.69, 9.17) is 4.74 Å². The first kappa shape index (κ1) is 21.0. The number of phenolic OH excluding ortho intramolecular Hbond substituents is 1. The van der Waals surface area contributed by atoms with Crippen molar-refractivity contribution < 1.29 is 19.4 Å². The highest BCUT2D eigenvalue weighted by Crippen LogP contribution is 2.66. The molecule has 0 aliphatic carbocycles. The van der Waals surface area contributed by atoms with Crippen LogP contribution in [0.1, 0.15) is 36.5 Å². The predicted molar refractivity (Wildman–Crippen MR) is 120 cm³/mol. The number of benzene rings is 3. The molecule has 1 heterocycles. The lowest BCUT2D eigenvalue weighted by atomic mass is 10.2. The van der Waals surface area contributed by atoms with Crippen molar-refractivity contribution in [2.24, 2.45) is 0 Å². The molecule has 2 N–H and O–H groups in total. The highest BCUT2D eigenvalue weighted by atomic mass is 31.1. The zero-order valence-corrected chi connectivity index (χ0v) is 18.1. The van der Waals surface area contributed by atoms with Gasteiger partial charge in [0, 0.05) is 25.0 Å². The zero-order chi connectivity index (χ0) is 22.0. The van der Waals surface area contributed by atoms with Crippen molar-refractivity contribution in [1.82, 2.24) is 10.4 Å². The van der Waals surface area contributed by atoms with Crippen LogP contribution in [0.5, 0.6) is 11.5 Å². The van der Waals surface area contributed by atoms with Crippen LogP contribution in [0.4, 0.5) is 0 Å². The van der Waals surface area contributed by atoms with Crippen LogP contribution < -0.4 is 15.5 Å². The van der Waals surface area contributed by atoms with E-state index in [0.717, 1.165) is 10.9 Å². The molecule has 1 aliphatic rings. The Morgan fingerprint density at radius 1 is 0.903 bits per heavy atom. The van der Waals surface area contributed by atoms with Gasteiger partial charge in [-0.15, -0.1) is 0 Å². The molecular formula is C24H23N2O4P. The lowest BCUT2D eigenvalue weighted by molar-refractivity contribution is -0.133. The maximum atomic E-state index is 12.7. The Morgan fingerprint density at radius 3 is 2.16 bits per heavy atom. The predicted octanol–water partition coefficient (Wildman–Crippen LogP) is 4.19. The van der Waals surface area contributed by atoms with Gasteiger partial charge < -0.3 is 9.84 Å². The van der Waals surface area contributed by atoms with Crippen LogP contribution >= 0.6 is 7.92 Å². The minimum absolute atomic E-state index is 0.137. The highest BCUT2D eigenvalue weighted by molar-refractivity contribution is 7.66. The summed E-state index contributed by atoms with van der Waals surface area (Å²) in [6.45, 7) is 2.87. The summed E-state index contributed by atoms with van der Waals surface area (Å²) < 4.78 is 5.48. The molecule has 7 heteroatoms. The number of nitrogens with zero attached hydrogens (tertiary/aromatic N) is 1. The molecule has 3 aromatic carbocycles. The topological polar surface area (TPSA) is 78.9 Å². The van der Waals surface area contributed by atoms with Crippen molar-refractivity contribution in [3.63, 3.8) is 0 Å². The number of aromatic hydroxyl groups is 1. The second kappa shape index (κ2) is 8.88. The summed E-state index contributed by atoms with van der Waals surface area (Å²) in [4.78, 5) is 24.4. The van der Waals surface area contributed by atoms with E-state index in [1.165, 1.54) is 13.8 Å². The Labute approximate surface area is 182 Å². The van der Waals surface area contributed by atoms with E-state index in [-0.39, 0.29) is 17.4 Å². The molecule has 1 amide bonds. The standard InChI is InChI=1S/C24H23N2O4P/c1-16(27)26-24(19-12-6-8-14-21(19)29)31(18-10-4-3-5-11-18)23(25-26)20-13-7-9-15-22(20)30-17(2)28/h3-15,23-25,29H,1-2H3/t23?,24-,31?/m0/s1. The number of hydrogen-bond donors (Lipinski definition) is 2. The lowest BCUT2D eigenvalue weighted by Gasteiger charge is -2.28. The number of amides is 1. The fraction of sp³-hybridized carbons (Fsp3) is 0.167. The number of nitrogens with one attached hydrogen (secondary N) is 1. The van der Waals surface area contributed by atoms with Crippen molar-refractivity contribution in [2.45, 2.75) is 25.4 Å². The Bertz CT molecular complexity index is 1110. The van der Waals surface area contributed by atoms with E-state index >= 15 is 0 Å². The molecule has 1 aliphatic heterocycles. The van der Waals surface area contributed by atoms with Gasteiger partial charge in [0.15, 0.2) is 0 Å². The van der Waals surface area contributed by atoms with Gasteiger partial charge in [0.1, 0.15) is 17.3 Å². The Kier molecular flexibility index (Phi) is 6.03. The molecule has 1 fully saturated rings. The first-order chi connectivity index (χ1) is 15.0. The van der Waals surface area contributed by atoms with Crippen LogP contribution in [-0.4, -0.2) is 22.0 Å². The molecule has 158 valence electrons. The summed E-state index contributed by atoms with van der Waals surface area (Å²) in [5.41, 5.74) is 4.82. The van der Waals surface area contributed by atoms with Gasteiger partial charge >= 0.3 is 5.97 Å². The molecule has 2 unspecified atom stereocenters. The second-order valence-corrected chi connectivity index (χ2v) is 9.56. The molecule has 1 saturated heterocycles. The molecule has 31 heavy (non-hydrogen) atoms. The van der Waals surface area contributed by atoms with Crippen LogP contribution in [0, 0.1) is 0 Å². The van der Waals surface area contributed by atoms with Gasteiger partial charge in [0.2, 0.25) is 5.91 Å². The fourth-order valence-corrected chi connectivity index (χ4v) is 6.99. The number of para-hydroxylation sites is 2. The van der Waals surface area contributed by atoms with E-state index in [0.29, 0.717) is 11.3 Å². The molecule has 3 atom stereocenters. The smallest absolute Gasteiger partial charge is 0.308 e. The normalized spacial score (nSPS) is 20.5. The second-order valence-electron chi connectivity index (χ2n) is 7.23. The van der Waals surface area contributed by atoms with Crippen LogP contribution in [0.3, 0.4) is 0 Å². The van der Waals surface area contributed by atoms with Crippen LogP contribution in [0.2, 0.25) is 0 Å². The van der Waals surface area contributed by atoms with Gasteiger partial charge in [-0.25, -0.2) is 5.43 Å². The van der Waals surface area contributed by atoms with Crippen LogP contribution in [0.15, 0.2) is 78.9 Å². The third-order valence-electron chi connectivity index (χ3n) is 5.12. The van der Waals surface area contributed by atoms with Gasteiger partial charge in [-0.05, 0) is 25.4 Å². The number of ether oxygens (including phenoxy) is 1. The van der Waals surface area contributed by atoms with Gasteiger partial charge in [-0.3, -0.25) is 14.6 Å². The number of carbonyl (C=O) groups is 2. The Hall–Kier alpha value is -3.21. The minimum atomic E-state index is -1.11. The average Bonchev–Trinajstić information content (AvgIpc) is 3.15. The maximum absolute atomic E-state index is 12.7. The van der Waals surface area contributed by atoms with Crippen molar-refractivity contribution in [3.8, 4) is 11.5 Å². The van der Waals surface area contributed by atoms with Gasteiger partial charge in [0.05, 0.1) is 5.78 Å². The first-order valence-corrected chi connectivity index (χ1v) is 11.4. The molecular weight excluding hydrogens is 411 g/mol. The minimum Gasteiger partial charge on any atom is -0.508 e. The van der Waals surface area contributed by atoms with E-state index in [1.54, 1.807) is 23.2 Å². The summed E-state index contributed by atoms with van der Waals surface area (Å²) in [5, 5.41) is 13.3. The molecule has 4 rings (SSSR count). The lowest BCUT2D eigenvalue weighted by Crippen LogP contribution is -2.37. The number of carbonyl (C=O) groups excluding carboxylic acids is 2. The largest absolute Gasteiger partial charge is 0.508 e. The van der Waals surface area contributed by atoms with Gasteiger partial charge in [-0.2, -0.15) is 0 Å². The third-order valence-corrected chi connectivity index (χ3v) is 8.00. The highest BCUT2D eigenvalue weighted by Gasteiger charge is 2.46. The van der Waals surface area contributed by atoms with Crippen molar-refractivity contribution >= 4 is 25.1 Å². The van der Waals surface area contributed by atoms with Crippen LogP contribution in [-0.2, 0) is 9.59 Å². The number of hydrogen-bond acceptors (Lipinski definition) is 5. The van der Waals surface area contributed by atoms with E-state index in [9.17, 15) is 14.7 Å². The number of phenols is 1. The Balaban J connectivity index is 1.91. The maximum Gasteiger partial charge on any atom is 0.308 e. The first-order valence-electron chi connectivity index (χ1n) is 9.92. The quantitative estimate of drug-likeness (QED) is 0.366. The van der Waals surface area contributed by atoms with Crippen molar-refractivity contribution in [1.29, 1.82) is 0 Å². The summed E-state index contributed by atoms with van der Waals surface area (Å²) in [6.07, 6.45) is 0. The van der Waals surface area contributed by atoms with E-state index < -0.39 is 19.7 Å². The molecule has 3 aromatic rings. The molecule has 0 aromatic heterocycles. The third kappa shape index (κ3) is 4.18. The molecule has 0 saturated carbocycles. The SMILES string of the molecule is CC(=O)Oc1ccccc1C1NN(C(C)=O)[C@H](c2ccccc2O)P1c1ccccc1. The zero-order valence-electron chi connectivity index (χ0n) is 17.2. The summed E-state index contributed by atoms with van der Waals surface area (Å²) in [6, 6.07) is 24.4. The van der Waals surface area contributed by atoms with Crippen molar-refractivity contribution in [2.75, 3.05) is 0 Å². The van der Waals surface area contributed by atoms with Crippen molar-refractivity contribution in [3.05, 3.63) is 90.0 Å². The summed E-state index contributed by atoms with van der Waals surface area (Å²) in [5.74, 6) is -0.678. The average molecular weight is 434 g/mol. The number of hydrazine groups is 1. The van der Waals surface area contributed by atoms with Gasteiger partial charge in [-0.1, -0.05) is 66.7 Å². The number of esters is 1. The fourth-order valence-electron chi connectivity index (χ4n) is 3.85. The Morgan fingerprint density at radius 2 is 1.52 bits per heavy atom. The molecule has 0 spiro atoms. The molecule has 0 bridgehead atoms.